The molecule has 2 N–H and O–H groups in total. The van der Waals surface area contributed by atoms with Crippen molar-refractivity contribution in [2.75, 3.05) is 26.1 Å². The van der Waals surface area contributed by atoms with E-state index in [0.29, 0.717) is 17.2 Å². The van der Waals surface area contributed by atoms with Gasteiger partial charge in [0.05, 0.1) is 46.6 Å². The predicted molar refractivity (Wildman–Crippen MR) is 108 cm³/mol. The van der Waals surface area contributed by atoms with Gasteiger partial charge in [0.25, 0.3) is 0 Å². The highest BCUT2D eigenvalue weighted by molar-refractivity contribution is 7.89. The van der Waals surface area contributed by atoms with Gasteiger partial charge in [0.1, 0.15) is 11.5 Å². The summed E-state index contributed by atoms with van der Waals surface area (Å²) in [4.78, 5) is 16.6. The van der Waals surface area contributed by atoms with Crippen molar-refractivity contribution in [2.24, 2.45) is 0 Å². The Labute approximate surface area is 166 Å². The molecule has 8 nitrogen and oxygen atoms in total. The Morgan fingerprint density at radius 3 is 2.64 bits per heavy atom. The summed E-state index contributed by atoms with van der Waals surface area (Å²) < 4.78 is 38.4. The molecular weight excluding hydrogens is 402 g/mol. The quantitative estimate of drug-likeness (QED) is 0.607. The highest BCUT2D eigenvalue weighted by Crippen LogP contribution is 2.29. The van der Waals surface area contributed by atoms with Crippen LogP contribution < -0.4 is 19.5 Å². The number of nitrogens with zero attached hydrogens (tertiary/aromatic N) is 1. The van der Waals surface area contributed by atoms with Crippen LogP contribution in [-0.4, -0.2) is 40.1 Å². The van der Waals surface area contributed by atoms with E-state index in [9.17, 15) is 13.2 Å². The van der Waals surface area contributed by atoms with E-state index in [1.807, 2.05) is 6.92 Å². The van der Waals surface area contributed by atoms with E-state index in [0.717, 1.165) is 15.2 Å². The summed E-state index contributed by atoms with van der Waals surface area (Å²) in [5.74, 6) is 0.451. The average molecular weight is 422 g/mol. The Bertz CT molecular complexity index is 1130. The van der Waals surface area contributed by atoms with Gasteiger partial charge in [-0.25, -0.2) is 18.1 Å². The van der Waals surface area contributed by atoms with E-state index >= 15 is 0 Å². The van der Waals surface area contributed by atoms with Crippen LogP contribution in [-0.2, 0) is 14.8 Å². The number of hydrogen-bond donors (Lipinski definition) is 2. The Morgan fingerprint density at radius 1 is 1.14 bits per heavy atom. The lowest BCUT2D eigenvalue weighted by atomic mass is 10.2. The third-order valence-corrected chi connectivity index (χ3v) is 6.22. The molecule has 0 unspecified atom stereocenters. The predicted octanol–water partition coefficient (Wildman–Crippen LogP) is 2.54. The first-order valence-electron chi connectivity index (χ1n) is 8.21. The van der Waals surface area contributed by atoms with Crippen LogP contribution in [0.15, 0.2) is 41.3 Å². The van der Waals surface area contributed by atoms with Gasteiger partial charge in [0, 0.05) is 6.07 Å². The number of fused-ring (bicyclic) bond motifs is 1. The van der Waals surface area contributed by atoms with Crippen LogP contribution in [0.2, 0.25) is 0 Å². The minimum atomic E-state index is -3.84. The van der Waals surface area contributed by atoms with Crippen LogP contribution in [0.5, 0.6) is 11.5 Å². The summed E-state index contributed by atoms with van der Waals surface area (Å²) in [5.41, 5.74) is 1.15. The molecule has 3 rings (SSSR count). The van der Waals surface area contributed by atoms with Gasteiger partial charge < -0.3 is 14.8 Å². The number of nitrogens with one attached hydrogen (secondary N) is 2. The number of hydrogen-bond acceptors (Lipinski definition) is 7. The lowest BCUT2D eigenvalue weighted by Crippen LogP contribution is -2.33. The minimum Gasteiger partial charge on any atom is -0.497 e. The number of aryl methyl sites for hydroxylation is 1. The Kier molecular flexibility index (Phi) is 5.82. The van der Waals surface area contributed by atoms with Crippen molar-refractivity contribution in [1.82, 2.24) is 9.71 Å². The Morgan fingerprint density at radius 2 is 1.93 bits per heavy atom. The van der Waals surface area contributed by atoms with Crippen molar-refractivity contribution in [3.63, 3.8) is 0 Å². The molecule has 3 aromatic rings. The standard InChI is InChI=1S/C18H19N3O5S2/c1-11-20-15-7-5-13(9-17(15)27-11)28(23,24)19-10-18(22)21-14-6-4-12(25-2)8-16(14)26-3/h4-9,19H,10H2,1-3H3,(H,21,22). The molecule has 0 radical (unpaired) electrons. The maximum absolute atomic E-state index is 12.5. The lowest BCUT2D eigenvalue weighted by Gasteiger charge is -2.12. The molecule has 0 aliphatic carbocycles. The number of ether oxygens (including phenoxy) is 2. The number of benzene rings is 2. The average Bonchev–Trinajstić information content (AvgIpc) is 3.06. The molecule has 2 aromatic carbocycles. The summed E-state index contributed by atoms with van der Waals surface area (Å²) in [6, 6.07) is 9.56. The fourth-order valence-electron chi connectivity index (χ4n) is 2.53. The molecule has 0 saturated heterocycles. The molecule has 0 atom stereocenters. The summed E-state index contributed by atoms with van der Waals surface area (Å²) >= 11 is 1.41. The number of carbonyl (C=O) groups is 1. The zero-order valence-electron chi connectivity index (χ0n) is 15.5. The van der Waals surface area contributed by atoms with Gasteiger partial charge in [0.15, 0.2) is 0 Å². The van der Waals surface area contributed by atoms with E-state index in [1.54, 1.807) is 30.3 Å². The van der Waals surface area contributed by atoms with Crippen molar-refractivity contribution >= 4 is 43.2 Å². The van der Waals surface area contributed by atoms with Crippen LogP contribution in [0.3, 0.4) is 0 Å². The van der Waals surface area contributed by atoms with Crippen molar-refractivity contribution in [1.29, 1.82) is 0 Å². The number of aromatic nitrogens is 1. The van der Waals surface area contributed by atoms with Crippen LogP contribution in [0.1, 0.15) is 5.01 Å². The van der Waals surface area contributed by atoms with Gasteiger partial charge in [-0.05, 0) is 37.3 Å². The third kappa shape index (κ3) is 4.41. The van der Waals surface area contributed by atoms with Gasteiger partial charge in [-0.3, -0.25) is 4.79 Å². The van der Waals surface area contributed by atoms with Crippen LogP contribution in [0.25, 0.3) is 10.2 Å². The number of amides is 1. The van der Waals surface area contributed by atoms with E-state index in [4.69, 9.17) is 9.47 Å². The molecule has 148 valence electrons. The number of anilines is 1. The molecule has 0 fully saturated rings. The number of methoxy groups -OCH3 is 2. The van der Waals surface area contributed by atoms with Gasteiger partial charge >= 0.3 is 0 Å². The van der Waals surface area contributed by atoms with E-state index in [-0.39, 0.29) is 4.90 Å². The Balaban J connectivity index is 1.69. The van der Waals surface area contributed by atoms with Gasteiger partial charge in [0.2, 0.25) is 15.9 Å². The zero-order valence-corrected chi connectivity index (χ0v) is 17.1. The second-order valence-electron chi connectivity index (χ2n) is 5.80. The van der Waals surface area contributed by atoms with Crippen molar-refractivity contribution in [3.05, 3.63) is 41.4 Å². The maximum atomic E-state index is 12.5. The smallest absolute Gasteiger partial charge is 0.241 e. The third-order valence-electron chi connectivity index (χ3n) is 3.88. The van der Waals surface area contributed by atoms with E-state index in [2.05, 4.69) is 15.0 Å². The molecule has 0 saturated carbocycles. The molecule has 1 aromatic heterocycles. The van der Waals surface area contributed by atoms with Crippen LogP contribution >= 0.6 is 11.3 Å². The zero-order chi connectivity index (χ0) is 20.3. The maximum Gasteiger partial charge on any atom is 0.241 e. The van der Waals surface area contributed by atoms with Gasteiger partial charge in [-0.15, -0.1) is 11.3 Å². The molecule has 0 spiro atoms. The van der Waals surface area contributed by atoms with E-state index in [1.165, 1.54) is 31.6 Å². The summed E-state index contributed by atoms with van der Waals surface area (Å²) in [6.45, 7) is 1.44. The SMILES string of the molecule is COc1ccc(NC(=O)CNS(=O)(=O)c2ccc3nc(C)sc3c2)c(OC)c1. The highest BCUT2D eigenvalue weighted by atomic mass is 32.2. The molecule has 0 aliphatic heterocycles. The lowest BCUT2D eigenvalue weighted by molar-refractivity contribution is -0.115. The monoisotopic (exact) mass is 421 g/mol. The fraction of sp³-hybridized carbons (Fsp3) is 0.222. The molecule has 1 heterocycles. The Hall–Kier alpha value is -2.69. The molecule has 10 heteroatoms. The van der Waals surface area contributed by atoms with Crippen LogP contribution in [0, 0.1) is 6.92 Å². The van der Waals surface area contributed by atoms with Gasteiger partial charge in [-0.2, -0.15) is 0 Å². The first kappa shape index (κ1) is 20.1. The van der Waals surface area contributed by atoms with Gasteiger partial charge in [-0.1, -0.05) is 0 Å². The molecular formula is C18H19N3O5S2. The number of sulfonamides is 1. The number of thiazole rings is 1. The fourth-order valence-corrected chi connectivity index (χ4v) is 4.48. The molecule has 0 bridgehead atoms. The van der Waals surface area contributed by atoms with Crippen LogP contribution in [0.4, 0.5) is 5.69 Å². The second-order valence-corrected chi connectivity index (χ2v) is 8.80. The largest absolute Gasteiger partial charge is 0.497 e. The highest BCUT2D eigenvalue weighted by Gasteiger charge is 2.17. The van der Waals surface area contributed by atoms with Crippen molar-refractivity contribution in [2.45, 2.75) is 11.8 Å². The first-order chi connectivity index (χ1) is 13.3. The number of carbonyl (C=O) groups excluding carboxylic acids is 1. The molecule has 1 amide bonds. The summed E-state index contributed by atoms with van der Waals surface area (Å²) in [7, 11) is -0.856. The first-order valence-corrected chi connectivity index (χ1v) is 10.5. The van der Waals surface area contributed by atoms with E-state index < -0.39 is 22.5 Å². The van der Waals surface area contributed by atoms with Crippen molar-refractivity contribution < 1.29 is 22.7 Å². The molecule has 28 heavy (non-hydrogen) atoms. The summed E-state index contributed by atoms with van der Waals surface area (Å²) in [5, 5.41) is 3.47. The topological polar surface area (TPSA) is 107 Å². The minimum absolute atomic E-state index is 0.0819. The normalized spacial score (nSPS) is 11.4. The summed E-state index contributed by atoms with van der Waals surface area (Å²) in [6.07, 6.45) is 0. The molecule has 0 aliphatic rings. The number of rotatable bonds is 7. The van der Waals surface area contributed by atoms with Crippen molar-refractivity contribution in [3.8, 4) is 11.5 Å². The second kappa shape index (κ2) is 8.13.